The molecule has 1 atom stereocenters. The minimum absolute atomic E-state index is 0.387. The number of hydrogen-bond donors (Lipinski definition) is 2. The van der Waals surface area contributed by atoms with E-state index in [1.54, 1.807) is 25.1 Å². The summed E-state index contributed by atoms with van der Waals surface area (Å²) in [7, 11) is 0. The first-order chi connectivity index (χ1) is 13.4. The van der Waals surface area contributed by atoms with Crippen LogP contribution in [-0.4, -0.2) is 34.8 Å². The molecule has 2 aromatic carbocycles. The van der Waals surface area contributed by atoms with Crippen LogP contribution >= 0.6 is 0 Å². The third kappa shape index (κ3) is 4.18. The third-order valence-electron chi connectivity index (χ3n) is 4.68. The Morgan fingerprint density at radius 3 is 2.64 bits per heavy atom. The molecule has 1 aliphatic heterocycles. The van der Waals surface area contributed by atoms with Gasteiger partial charge >= 0.3 is 6.03 Å². The summed E-state index contributed by atoms with van der Waals surface area (Å²) < 4.78 is 0. The van der Waals surface area contributed by atoms with E-state index in [0.717, 1.165) is 10.5 Å². The number of anilines is 1. The van der Waals surface area contributed by atoms with Crippen LogP contribution in [0.3, 0.4) is 0 Å². The Kier molecular flexibility index (Phi) is 5.41. The second kappa shape index (κ2) is 7.92. The predicted octanol–water partition coefficient (Wildman–Crippen LogP) is 2.44. The molecule has 1 fully saturated rings. The Morgan fingerprint density at radius 1 is 1.18 bits per heavy atom. The highest BCUT2D eigenvalue weighted by atomic mass is 16.2. The maximum absolute atomic E-state index is 12.8. The van der Waals surface area contributed by atoms with Gasteiger partial charge in [0.15, 0.2) is 0 Å². The summed E-state index contributed by atoms with van der Waals surface area (Å²) in [6.07, 6.45) is 1.06. The number of carbonyl (C=O) groups is 3. The first kappa shape index (κ1) is 19.1. The zero-order valence-corrected chi connectivity index (χ0v) is 15.4. The van der Waals surface area contributed by atoms with E-state index in [-0.39, 0.29) is 6.54 Å². The third-order valence-corrected chi connectivity index (χ3v) is 4.68. The van der Waals surface area contributed by atoms with Gasteiger partial charge in [0.2, 0.25) is 5.91 Å². The molecule has 0 unspecified atom stereocenters. The highest BCUT2D eigenvalue weighted by molar-refractivity contribution is 6.09. The van der Waals surface area contributed by atoms with Crippen LogP contribution in [0.25, 0.3) is 0 Å². The van der Waals surface area contributed by atoms with Crippen molar-refractivity contribution < 1.29 is 14.4 Å². The minimum Gasteiger partial charge on any atom is -0.324 e. The molecule has 1 heterocycles. The highest BCUT2D eigenvalue weighted by Gasteiger charge is 2.47. The molecule has 0 aromatic heterocycles. The second-order valence-electron chi connectivity index (χ2n) is 6.88. The Hall–Kier alpha value is -3.66. The highest BCUT2D eigenvalue weighted by Crippen LogP contribution is 2.23. The number of hydrogen-bond acceptors (Lipinski definition) is 4. The largest absolute Gasteiger partial charge is 0.325 e. The quantitative estimate of drug-likeness (QED) is 0.756. The number of nitriles is 1. The molecule has 142 valence electrons. The van der Waals surface area contributed by atoms with Gasteiger partial charge in [-0.1, -0.05) is 36.4 Å². The van der Waals surface area contributed by atoms with Gasteiger partial charge in [-0.25, -0.2) is 4.79 Å². The molecule has 1 saturated heterocycles. The number of carbonyl (C=O) groups excluding carboxylic acids is 3. The van der Waals surface area contributed by atoms with Crippen molar-refractivity contribution in [3.8, 4) is 6.07 Å². The number of imide groups is 1. The average molecular weight is 376 g/mol. The van der Waals surface area contributed by atoms with E-state index in [4.69, 9.17) is 5.26 Å². The van der Waals surface area contributed by atoms with Gasteiger partial charge < -0.3 is 10.6 Å². The molecule has 2 aromatic rings. The van der Waals surface area contributed by atoms with Crippen molar-refractivity contribution in [3.05, 3.63) is 65.7 Å². The Morgan fingerprint density at radius 2 is 1.93 bits per heavy atom. The summed E-state index contributed by atoms with van der Waals surface area (Å²) in [5.74, 6) is -0.930. The molecule has 0 radical (unpaired) electrons. The number of aryl methyl sites for hydroxylation is 1. The summed E-state index contributed by atoms with van der Waals surface area (Å²) in [5, 5.41) is 14.2. The number of benzene rings is 2. The van der Waals surface area contributed by atoms with Gasteiger partial charge in [0.05, 0.1) is 11.6 Å². The lowest BCUT2D eigenvalue weighted by atomic mass is 9.93. The molecule has 0 aliphatic carbocycles. The molecule has 2 N–H and O–H groups in total. The smallest absolute Gasteiger partial charge is 0.324 e. The standard InChI is InChI=1S/C21H20N4O3/c1-21(11-10-15-6-3-2-4-7-15)19(27)25(20(28)24-21)14-18(26)23-17-9-5-8-16(12-17)13-22/h2-9,12H,10-11,14H2,1H3,(H,23,26)(H,24,28)/t21-/m1/s1. The molecular formula is C21H20N4O3. The zero-order valence-electron chi connectivity index (χ0n) is 15.4. The van der Waals surface area contributed by atoms with E-state index in [1.807, 2.05) is 36.4 Å². The SMILES string of the molecule is C[C@]1(CCc2ccccc2)NC(=O)N(CC(=O)Nc2cccc(C#N)c2)C1=O. The molecule has 4 amide bonds. The summed E-state index contributed by atoms with van der Waals surface area (Å²) in [6, 6.07) is 17.5. The van der Waals surface area contributed by atoms with E-state index in [9.17, 15) is 14.4 Å². The van der Waals surface area contributed by atoms with Crippen molar-refractivity contribution >= 4 is 23.5 Å². The molecule has 0 saturated carbocycles. The Labute approximate surface area is 163 Å². The van der Waals surface area contributed by atoms with Crippen molar-refractivity contribution in [2.45, 2.75) is 25.3 Å². The van der Waals surface area contributed by atoms with E-state index in [0.29, 0.717) is 24.1 Å². The van der Waals surface area contributed by atoms with Crippen LogP contribution in [0, 0.1) is 11.3 Å². The molecule has 7 nitrogen and oxygen atoms in total. The number of amides is 4. The topological polar surface area (TPSA) is 102 Å². The minimum atomic E-state index is -1.05. The van der Waals surface area contributed by atoms with E-state index < -0.39 is 23.4 Å². The van der Waals surface area contributed by atoms with Gasteiger partial charge in [-0.15, -0.1) is 0 Å². The maximum atomic E-state index is 12.8. The monoisotopic (exact) mass is 376 g/mol. The van der Waals surface area contributed by atoms with Gasteiger partial charge in [-0.3, -0.25) is 14.5 Å². The normalized spacial score (nSPS) is 18.5. The lowest BCUT2D eigenvalue weighted by Crippen LogP contribution is -2.45. The second-order valence-corrected chi connectivity index (χ2v) is 6.88. The fourth-order valence-electron chi connectivity index (χ4n) is 3.11. The summed E-state index contributed by atoms with van der Waals surface area (Å²) in [6.45, 7) is 1.28. The Balaban J connectivity index is 1.62. The fourth-order valence-corrected chi connectivity index (χ4v) is 3.11. The number of urea groups is 1. The van der Waals surface area contributed by atoms with Crippen LogP contribution in [0.4, 0.5) is 10.5 Å². The first-order valence-electron chi connectivity index (χ1n) is 8.89. The molecule has 1 aliphatic rings. The van der Waals surface area contributed by atoms with Crippen molar-refractivity contribution in [3.63, 3.8) is 0 Å². The first-order valence-corrected chi connectivity index (χ1v) is 8.89. The fraction of sp³-hybridized carbons (Fsp3) is 0.238. The summed E-state index contributed by atoms with van der Waals surface area (Å²) in [4.78, 5) is 38.2. The summed E-state index contributed by atoms with van der Waals surface area (Å²) in [5.41, 5.74) is 0.858. The zero-order chi connectivity index (χ0) is 20.1. The number of rotatable bonds is 6. The molecule has 0 spiro atoms. The molecule has 0 bridgehead atoms. The molecule has 28 heavy (non-hydrogen) atoms. The van der Waals surface area contributed by atoms with Crippen LogP contribution in [0.15, 0.2) is 54.6 Å². The van der Waals surface area contributed by atoms with Crippen molar-refractivity contribution in [1.29, 1.82) is 5.26 Å². The van der Waals surface area contributed by atoms with Crippen LogP contribution in [0.5, 0.6) is 0 Å². The van der Waals surface area contributed by atoms with Gasteiger partial charge in [0.25, 0.3) is 5.91 Å². The molecular weight excluding hydrogens is 356 g/mol. The number of nitrogens with one attached hydrogen (secondary N) is 2. The van der Waals surface area contributed by atoms with Crippen LogP contribution < -0.4 is 10.6 Å². The average Bonchev–Trinajstić information content (AvgIpc) is 2.91. The van der Waals surface area contributed by atoms with Crippen molar-refractivity contribution in [1.82, 2.24) is 10.2 Å². The lowest BCUT2D eigenvalue weighted by molar-refractivity contribution is -0.133. The van der Waals surface area contributed by atoms with Gasteiger partial charge in [0, 0.05) is 5.69 Å². The van der Waals surface area contributed by atoms with E-state index in [2.05, 4.69) is 10.6 Å². The van der Waals surface area contributed by atoms with Crippen molar-refractivity contribution in [2.24, 2.45) is 0 Å². The van der Waals surface area contributed by atoms with E-state index in [1.165, 1.54) is 6.07 Å². The van der Waals surface area contributed by atoms with Crippen LogP contribution in [0.2, 0.25) is 0 Å². The molecule has 3 rings (SSSR count). The lowest BCUT2D eigenvalue weighted by Gasteiger charge is -2.21. The van der Waals surface area contributed by atoms with Gasteiger partial charge in [0.1, 0.15) is 12.1 Å². The van der Waals surface area contributed by atoms with Crippen LogP contribution in [0.1, 0.15) is 24.5 Å². The van der Waals surface area contributed by atoms with Crippen molar-refractivity contribution in [2.75, 3.05) is 11.9 Å². The Bertz CT molecular complexity index is 952. The van der Waals surface area contributed by atoms with Gasteiger partial charge in [-0.2, -0.15) is 5.26 Å². The number of nitrogens with zero attached hydrogens (tertiary/aromatic N) is 2. The van der Waals surface area contributed by atoms with E-state index >= 15 is 0 Å². The molecule has 7 heteroatoms. The predicted molar refractivity (Wildman–Crippen MR) is 103 cm³/mol. The van der Waals surface area contributed by atoms with Gasteiger partial charge in [-0.05, 0) is 43.5 Å². The summed E-state index contributed by atoms with van der Waals surface area (Å²) >= 11 is 0. The maximum Gasteiger partial charge on any atom is 0.325 e. The van der Waals surface area contributed by atoms with Crippen LogP contribution in [-0.2, 0) is 16.0 Å².